The number of carbonyl (C=O) groups is 1. The third-order valence-corrected chi connectivity index (χ3v) is 6.42. The molecule has 1 aliphatic rings. The highest BCUT2D eigenvalue weighted by atomic mass is 32.1. The SMILES string of the molecule is O=C1C(n2cc(-c3cnc(-c4c#[n+]ccc4)s3)nn2)CCc2c(F)cccc2N1CC(F)(F)F. The lowest BCUT2D eigenvalue weighted by Gasteiger charge is -2.26. The van der Waals surface area contributed by atoms with Crippen LogP contribution in [-0.2, 0) is 11.2 Å². The minimum Gasteiger partial charge on any atom is -0.301 e. The van der Waals surface area contributed by atoms with Gasteiger partial charge in [0.15, 0.2) is 0 Å². The van der Waals surface area contributed by atoms with E-state index in [1.54, 1.807) is 18.5 Å². The highest BCUT2D eigenvalue weighted by Gasteiger charge is 2.40. The first-order valence-electron chi connectivity index (χ1n) is 10.2. The molecule has 1 aliphatic heterocycles. The number of benzene rings is 1. The van der Waals surface area contributed by atoms with Crippen molar-refractivity contribution >= 4 is 22.9 Å². The smallest absolute Gasteiger partial charge is 0.301 e. The fourth-order valence-corrected chi connectivity index (χ4v) is 4.68. The summed E-state index contributed by atoms with van der Waals surface area (Å²) in [5.41, 5.74) is 1.11. The molecule has 1 unspecified atom stereocenters. The molecule has 0 fully saturated rings. The topological polar surface area (TPSA) is 78.0 Å². The third kappa shape index (κ3) is 4.22. The maximum atomic E-state index is 14.4. The Labute approximate surface area is 194 Å². The van der Waals surface area contributed by atoms with E-state index in [1.165, 1.54) is 40.4 Å². The van der Waals surface area contributed by atoms with Gasteiger partial charge in [-0.1, -0.05) is 11.3 Å². The molecule has 4 aromatic rings. The molecule has 1 amide bonds. The van der Waals surface area contributed by atoms with Crippen LogP contribution in [0.1, 0.15) is 18.0 Å². The molecular formula is C22H15F4N6OS+. The quantitative estimate of drug-likeness (QED) is 0.411. The van der Waals surface area contributed by atoms with E-state index in [0.717, 1.165) is 0 Å². The summed E-state index contributed by atoms with van der Waals surface area (Å²) in [4.78, 5) is 22.7. The van der Waals surface area contributed by atoms with Crippen molar-refractivity contribution in [3.63, 3.8) is 0 Å². The Morgan fingerprint density at radius 2 is 2.09 bits per heavy atom. The van der Waals surface area contributed by atoms with Crippen molar-refractivity contribution in [1.82, 2.24) is 20.0 Å². The van der Waals surface area contributed by atoms with Gasteiger partial charge in [0, 0.05) is 17.8 Å². The zero-order chi connectivity index (χ0) is 23.9. The Morgan fingerprint density at radius 3 is 2.85 bits per heavy atom. The van der Waals surface area contributed by atoms with Gasteiger partial charge in [0.2, 0.25) is 0 Å². The second kappa shape index (κ2) is 8.49. The van der Waals surface area contributed by atoms with Crippen LogP contribution < -0.4 is 9.88 Å². The van der Waals surface area contributed by atoms with Crippen molar-refractivity contribution in [2.75, 3.05) is 11.4 Å². The van der Waals surface area contributed by atoms with E-state index < -0.39 is 30.5 Å². The molecule has 5 rings (SSSR count). The highest BCUT2D eigenvalue weighted by Crippen LogP contribution is 2.36. The molecule has 1 atom stereocenters. The first kappa shape index (κ1) is 22.0. The van der Waals surface area contributed by atoms with Crippen LogP contribution in [0.4, 0.5) is 23.2 Å². The minimum absolute atomic E-state index is 0.0719. The summed E-state index contributed by atoms with van der Waals surface area (Å²) >= 11 is 1.31. The molecule has 0 radical (unpaired) electrons. The van der Waals surface area contributed by atoms with E-state index >= 15 is 0 Å². The Balaban J connectivity index is 1.46. The molecule has 4 heterocycles. The van der Waals surface area contributed by atoms with Gasteiger partial charge in [0.1, 0.15) is 34.7 Å². The predicted molar refractivity (Wildman–Crippen MR) is 113 cm³/mol. The molecule has 0 bridgehead atoms. The van der Waals surface area contributed by atoms with Gasteiger partial charge in [0.25, 0.3) is 5.91 Å². The lowest BCUT2D eigenvalue weighted by atomic mass is 10.1. The largest absolute Gasteiger partial charge is 0.406 e. The average Bonchev–Trinajstić information content (AvgIpc) is 3.46. The van der Waals surface area contributed by atoms with Gasteiger partial charge in [-0.25, -0.2) is 14.1 Å². The number of amides is 1. The number of halogens is 4. The number of alkyl halides is 3. The monoisotopic (exact) mass is 487 g/mol. The standard InChI is InChI=1S/C22H15F4N6OS/c23-15-4-1-5-17-14(15)6-7-18(21(33)31(17)12-22(24,25)26)32-11-16(29-30-32)19-10-28-20(34-19)13-3-2-8-27-9-13/h1-5,8,10-11,18H,6-7,12H2/q+1. The number of nitrogens with zero attached hydrogens (tertiary/aromatic N) is 6. The minimum atomic E-state index is -4.66. The van der Waals surface area contributed by atoms with E-state index in [4.69, 9.17) is 0 Å². The fraction of sp³-hybridized carbons (Fsp3) is 0.227. The van der Waals surface area contributed by atoms with Crippen molar-refractivity contribution in [3.8, 4) is 21.1 Å². The number of carbonyl (C=O) groups excluding carboxylic acids is 1. The molecule has 0 saturated carbocycles. The number of aromatic nitrogens is 5. The molecular weight excluding hydrogens is 472 g/mol. The summed E-state index contributed by atoms with van der Waals surface area (Å²) in [7, 11) is 0. The van der Waals surface area contributed by atoms with Crippen molar-refractivity contribution in [3.05, 3.63) is 66.5 Å². The van der Waals surface area contributed by atoms with Crippen molar-refractivity contribution in [2.24, 2.45) is 0 Å². The van der Waals surface area contributed by atoms with Crippen molar-refractivity contribution in [2.45, 2.75) is 25.1 Å². The Hall–Kier alpha value is -3.85. The molecule has 0 N–H and O–H groups in total. The summed E-state index contributed by atoms with van der Waals surface area (Å²) in [5, 5.41) is 8.76. The normalized spacial score (nSPS) is 16.2. The first-order valence-corrected chi connectivity index (χ1v) is 11.0. The third-order valence-electron chi connectivity index (χ3n) is 5.37. The van der Waals surface area contributed by atoms with E-state index in [-0.39, 0.29) is 24.1 Å². The summed E-state index contributed by atoms with van der Waals surface area (Å²) in [6, 6.07) is 6.28. The first-order chi connectivity index (χ1) is 16.3. The maximum Gasteiger partial charge on any atom is 0.406 e. The van der Waals surface area contributed by atoms with Crippen LogP contribution >= 0.6 is 11.3 Å². The van der Waals surface area contributed by atoms with Crippen LogP contribution in [0.25, 0.3) is 21.1 Å². The maximum absolute atomic E-state index is 14.4. The summed E-state index contributed by atoms with van der Waals surface area (Å²) in [6.45, 7) is -1.53. The highest BCUT2D eigenvalue weighted by molar-refractivity contribution is 7.18. The summed E-state index contributed by atoms with van der Waals surface area (Å²) in [6.07, 6.45) is 3.00. The van der Waals surface area contributed by atoms with Crippen LogP contribution in [0.5, 0.6) is 0 Å². The van der Waals surface area contributed by atoms with Gasteiger partial charge in [-0.2, -0.15) is 13.2 Å². The van der Waals surface area contributed by atoms with Gasteiger partial charge < -0.3 is 4.90 Å². The number of fused-ring (bicyclic) bond motifs is 1. The molecule has 3 aromatic heterocycles. The zero-order valence-electron chi connectivity index (χ0n) is 17.3. The lowest BCUT2D eigenvalue weighted by molar-refractivity contribution is -0.293. The molecule has 0 spiro atoms. The molecule has 172 valence electrons. The van der Waals surface area contributed by atoms with Gasteiger partial charge in [-0.05, 0) is 36.0 Å². The van der Waals surface area contributed by atoms with Crippen molar-refractivity contribution in [1.29, 1.82) is 0 Å². The summed E-state index contributed by atoms with van der Waals surface area (Å²) < 4.78 is 55.6. The predicted octanol–water partition coefficient (Wildman–Crippen LogP) is 3.69. The number of hydrogen-bond acceptors (Lipinski definition) is 5. The number of thiazole rings is 1. The molecule has 7 nitrogen and oxygen atoms in total. The molecule has 0 saturated heterocycles. The second-order valence-corrected chi connectivity index (χ2v) is 8.64. The molecule has 12 heteroatoms. The molecule has 0 aliphatic carbocycles. The fourth-order valence-electron chi connectivity index (χ4n) is 3.84. The van der Waals surface area contributed by atoms with Gasteiger partial charge >= 0.3 is 18.6 Å². The number of anilines is 1. The van der Waals surface area contributed by atoms with E-state index in [9.17, 15) is 22.4 Å². The van der Waals surface area contributed by atoms with Gasteiger partial charge in [-0.3, -0.25) is 4.79 Å². The van der Waals surface area contributed by atoms with Crippen LogP contribution in [0.15, 0.2) is 48.9 Å². The lowest BCUT2D eigenvalue weighted by Crippen LogP contribution is -2.42. The Bertz CT molecular complexity index is 1340. The van der Waals surface area contributed by atoms with Crippen LogP contribution in [0, 0.1) is 12.0 Å². The van der Waals surface area contributed by atoms with Crippen LogP contribution in [0.2, 0.25) is 0 Å². The zero-order valence-corrected chi connectivity index (χ0v) is 18.1. The van der Waals surface area contributed by atoms with Crippen LogP contribution in [0.3, 0.4) is 0 Å². The van der Waals surface area contributed by atoms with Crippen LogP contribution in [-0.4, -0.2) is 38.6 Å². The average molecular weight is 487 g/mol. The summed E-state index contributed by atoms with van der Waals surface area (Å²) in [5.74, 6) is -1.48. The Kier molecular flexibility index (Phi) is 5.49. The molecule has 1 aromatic carbocycles. The van der Waals surface area contributed by atoms with Crippen molar-refractivity contribution < 1.29 is 27.3 Å². The van der Waals surface area contributed by atoms with Gasteiger partial charge in [-0.15, -0.1) is 16.4 Å². The Morgan fingerprint density at radius 1 is 1.24 bits per heavy atom. The van der Waals surface area contributed by atoms with E-state index in [2.05, 4.69) is 26.5 Å². The number of rotatable bonds is 4. The van der Waals surface area contributed by atoms with E-state index in [0.29, 0.717) is 26.0 Å². The number of hydrogen-bond donors (Lipinski definition) is 0. The van der Waals surface area contributed by atoms with Gasteiger partial charge in [0.05, 0.1) is 16.8 Å². The second-order valence-electron chi connectivity index (χ2n) is 7.61. The molecule has 34 heavy (non-hydrogen) atoms. The van der Waals surface area contributed by atoms with E-state index in [1.807, 2.05) is 6.07 Å².